The van der Waals surface area contributed by atoms with Crippen LogP contribution in [-0.2, 0) is 0 Å². The smallest absolute Gasteiger partial charge is 0.199 e. The van der Waals surface area contributed by atoms with Gasteiger partial charge in [0.05, 0.1) is 4.43 Å². The third kappa shape index (κ3) is 3.23. The minimum absolute atomic E-state index is 0.00245. The maximum atomic E-state index is 12.9. The predicted octanol–water partition coefficient (Wildman–Crippen LogP) is 4.69. The van der Waals surface area contributed by atoms with Gasteiger partial charge >= 0.3 is 23.9 Å². The summed E-state index contributed by atoms with van der Waals surface area (Å²) in [6.45, 7) is 0. The first-order valence-corrected chi connectivity index (χ1v) is 6.39. The van der Waals surface area contributed by atoms with Crippen molar-refractivity contribution in [1.82, 2.24) is 0 Å². The highest BCUT2D eigenvalue weighted by Crippen LogP contribution is 2.51. The fourth-order valence-corrected chi connectivity index (χ4v) is 1.96. The van der Waals surface area contributed by atoms with E-state index in [2.05, 4.69) is 0 Å². The summed E-state index contributed by atoms with van der Waals surface area (Å²) in [6, 6.07) is 0. The van der Waals surface area contributed by atoms with Crippen LogP contribution in [0.5, 0.6) is 0 Å². The molecule has 0 fully saturated rings. The van der Waals surface area contributed by atoms with Crippen LogP contribution in [0.2, 0.25) is 0 Å². The zero-order valence-electron chi connectivity index (χ0n) is 7.44. The van der Waals surface area contributed by atoms with Gasteiger partial charge in [-0.15, -0.1) is 0 Å². The van der Waals surface area contributed by atoms with Crippen molar-refractivity contribution in [2.75, 3.05) is 4.43 Å². The van der Waals surface area contributed by atoms with Crippen LogP contribution in [0, 0.1) is 0 Å². The Bertz CT molecular complexity index is 271. The van der Waals surface area contributed by atoms with Gasteiger partial charge in [0, 0.05) is 0 Å². The number of halogens is 11. The average molecular weight is 500 g/mol. The number of hydrogen-bond acceptors (Lipinski definition) is 0. The van der Waals surface area contributed by atoms with Crippen molar-refractivity contribution in [3.8, 4) is 0 Å². The second kappa shape index (κ2) is 5.07. The molecule has 11 heteroatoms. The maximum Gasteiger partial charge on any atom is 0.454 e. The molecule has 0 aliphatic heterocycles. The molecule has 0 bridgehead atoms. The van der Waals surface area contributed by atoms with E-state index in [9.17, 15) is 39.5 Å². The highest BCUT2D eigenvalue weighted by molar-refractivity contribution is 14.1. The summed E-state index contributed by atoms with van der Waals surface area (Å²) < 4.78 is 106. The molecular weight excluding hydrogens is 497 g/mol. The molecule has 0 aromatic carbocycles. The van der Waals surface area contributed by atoms with Crippen LogP contribution >= 0.6 is 45.2 Å². The molecular formula is C6H3F9I2. The molecule has 0 spiro atoms. The number of alkyl halides is 11. The summed E-state index contributed by atoms with van der Waals surface area (Å²) in [7, 11) is 0. The molecule has 1 unspecified atom stereocenters. The molecule has 0 aliphatic rings. The summed E-state index contributed by atoms with van der Waals surface area (Å²) in [5, 5.41) is 0. The van der Waals surface area contributed by atoms with Crippen molar-refractivity contribution >= 4 is 45.2 Å². The van der Waals surface area contributed by atoms with Gasteiger partial charge in [-0.1, -0.05) is 45.2 Å². The standard InChI is InChI=1S/C6H3F9I2/c7-3(8,1-16)4(9,10)2(17)5(11,12)6(13,14)15/h2H,1H2. The van der Waals surface area contributed by atoms with E-state index < -0.39 is 32.3 Å². The first-order chi connectivity index (χ1) is 7.22. The zero-order valence-corrected chi connectivity index (χ0v) is 11.8. The average Bonchev–Trinajstić information content (AvgIpc) is 2.14. The minimum Gasteiger partial charge on any atom is -0.199 e. The van der Waals surface area contributed by atoms with E-state index in [1.807, 2.05) is 0 Å². The van der Waals surface area contributed by atoms with Crippen LogP contribution in [0.3, 0.4) is 0 Å². The molecule has 0 heterocycles. The van der Waals surface area contributed by atoms with E-state index in [-0.39, 0.29) is 22.6 Å². The molecule has 0 N–H and O–H groups in total. The molecule has 104 valence electrons. The van der Waals surface area contributed by atoms with Crippen molar-refractivity contribution in [1.29, 1.82) is 0 Å². The highest BCUT2D eigenvalue weighted by Gasteiger charge is 2.73. The SMILES string of the molecule is FC(F)(F)C(F)(F)C(I)C(F)(F)C(F)(F)CI. The van der Waals surface area contributed by atoms with E-state index in [1.165, 1.54) is 0 Å². The van der Waals surface area contributed by atoms with Crippen molar-refractivity contribution in [3.05, 3.63) is 0 Å². The van der Waals surface area contributed by atoms with Crippen molar-refractivity contribution in [2.24, 2.45) is 0 Å². The highest BCUT2D eigenvalue weighted by atomic mass is 127. The lowest BCUT2D eigenvalue weighted by atomic mass is 10.0. The van der Waals surface area contributed by atoms with E-state index in [0.29, 0.717) is 0 Å². The molecule has 1 atom stereocenters. The van der Waals surface area contributed by atoms with Crippen LogP contribution in [0.15, 0.2) is 0 Å². The Hall–Kier alpha value is 0.830. The molecule has 0 nitrogen and oxygen atoms in total. The van der Waals surface area contributed by atoms with Gasteiger partial charge in [0.25, 0.3) is 0 Å². The summed E-state index contributed by atoms with van der Waals surface area (Å²) in [6.07, 6.45) is -6.32. The third-order valence-electron chi connectivity index (χ3n) is 1.67. The van der Waals surface area contributed by atoms with Crippen LogP contribution in [0.25, 0.3) is 0 Å². The monoisotopic (exact) mass is 500 g/mol. The molecule has 0 aromatic heterocycles. The normalized spacial score (nSPS) is 17.1. The van der Waals surface area contributed by atoms with Crippen LogP contribution in [0.4, 0.5) is 39.5 Å². The molecule has 0 aliphatic carbocycles. The van der Waals surface area contributed by atoms with E-state index in [1.54, 1.807) is 0 Å². The summed E-state index contributed by atoms with van der Waals surface area (Å²) in [5.74, 6) is -16.3. The summed E-state index contributed by atoms with van der Waals surface area (Å²) in [4.78, 5) is 0. The topological polar surface area (TPSA) is 0 Å². The van der Waals surface area contributed by atoms with Crippen molar-refractivity contribution in [3.63, 3.8) is 0 Å². The first kappa shape index (κ1) is 17.8. The Morgan fingerprint density at radius 3 is 1.35 bits per heavy atom. The summed E-state index contributed by atoms with van der Waals surface area (Å²) >= 11 is 0.776. The van der Waals surface area contributed by atoms with Gasteiger partial charge in [0.2, 0.25) is 0 Å². The quantitative estimate of drug-likeness (QED) is 0.299. The lowest BCUT2D eigenvalue weighted by Crippen LogP contribution is -2.59. The summed E-state index contributed by atoms with van der Waals surface area (Å²) in [5.41, 5.74) is 0. The number of hydrogen-bond donors (Lipinski definition) is 0. The minimum atomic E-state index is -6.32. The van der Waals surface area contributed by atoms with Gasteiger partial charge in [-0.2, -0.15) is 39.5 Å². The van der Waals surface area contributed by atoms with E-state index in [4.69, 9.17) is 0 Å². The molecule has 17 heavy (non-hydrogen) atoms. The second-order valence-corrected chi connectivity index (χ2v) is 4.95. The Morgan fingerprint density at radius 1 is 0.765 bits per heavy atom. The van der Waals surface area contributed by atoms with Gasteiger partial charge in [-0.05, 0) is 0 Å². The van der Waals surface area contributed by atoms with Gasteiger partial charge in [0.1, 0.15) is 0 Å². The fraction of sp³-hybridized carbons (Fsp3) is 1.00. The van der Waals surface area contributed by atoms with Crippen LogP contribution in [-0.4, -0.2) is 32.3 Å². The van der Waals surface area contributed by atoms with Crippen LogP contribution < -0.4 is 0 Å². The first-order valence-electron chi connectivity index (χ1n) is 3.62. The lowest BCUT2D eigenvalue weighted by molar-refractivity contribution is -0.309. The largest absolute Gasteiger partial charge is 0.454 e. The maximum absolute atomic E-state index is 12.9. The Balaban J connectivity index is 5.38. The van der Waals surface area contributed by atoms with Gasteiger partial charge in [-0.25, -0.2) is 0 Å². The van der Waals surface area contributed by atoms with E-state index >= 15 is 0 Å². The van der Waals surface area contributed by atoms with Crippen molar-refractivity contribution in [2.45, 2.75) is 27.9 Å². The Morgan fingerprint density at radius 2 is 1.12 bits per heavy atom. The predicted molar refractivity (Wildman–Crippen MR) is 57.6 cm³/mol. The zero-order chi connectivity index (χ0) is 14.3. The number of rotatable bonds is 4. The lowest BCUT2D eigenvalue weighted by Gasteiger charge is -2.34. The second-order valence-electron chi connectivity index (χ2n) is 2.94. The molecule has 0 radical (unpaired) electrons. The van der Waals surface area contributed by atoms with Crippen LogP contribution in [0.1, 0.15) is 0 Å². The third-order valence-corrected chi connectivity index (χ3v) is 4.19. The molecule has 0 amide bonds. The molecule has 0 rings (SSSR count). The molecule has 0 saturated heterocycles. The van der Waals surface area contributed by atoms with Gasteiger partial charge < -0.3 is 0 Å². The van der Waals surface area contributed by atoms with E-state index in [0.717, 1.165) is 22.6 Å². The molecule has 0 saturated carbocycles. The Kier molecular flexibility index (Phi) is 5.32. The molecule has 0 aromatic rings. The Labute approximate surface area is 117 Å². The van der Waals surface area contributed by atoms with Crippen molar-refractivity contribution < 1.29 is 39.5 Å². The van der Waals surface area contributed by atoms with Gasteiger partial charge in [0.15, 0.2) is 3.92 Å². The fourth-order valence-electron chi connectivity index (χ4n) is 0.646. The van der Waals surface area contributed by atoms with Gasteiger partial charge in [-0.3, -0.25) is 0 Å².